The van der Waals surface area contributed by atoms with Gasteiger partial charge in [-0.25, -0.2) is 0 Å². The molecule has 1 saturated carbocycles. The molecule has 0 aromatic carbocycles. The lowest BCUT2D eigenvalue weighted by Crippen LogP contribution is -2.46. The van der Waals surface area contributed by atoms with E-state index in [0.29, 0.717) is 12.6 Å². The van der Waals surface area contributed by atoms with Crippen molar-refractivity contribution in [1.29, 1.82) is 0 Å². The molecular formula is C11H20N2O2. The third-order valence-electron chi connectivity index (χ3n) is 3.66. The molecule has 2 rings (SSSR count). The number of nitrogens with one attached hydrogen (secondary N) is 1. The molecule has 4 nitrogen and oxygen atoms in total. The molecule has 0 spiro atoms. The van der Waals surface area contributed by atoms with Crippen LogP contribution in [0.5, 0.6) is 0 Å². The summed E-state index contributed by atoms with van der Waals surface area (Å²) in [4.78, 5) is 13.3. The molecule has 0 aromatic heterocycles. The molecule has 0 radical (unpaired) electrons. The van der Waals surface area contributed by atoms with Crippen LogP contribution in [0.1, 0.15) is 25.7 Å². The average molecular weight is 212 g/mol. The highest BCUT2D eigenvalue weighted by Gasteiger charge is 2.50. The van der Waals surface area contributed by atoms with Crippen molar-refractivity contribution in [2.75, 3.05) is 26.7 Å². The van der Waals surface area contributed by atoms with E-state index in [1.807, 2.05) is 0 Å². The van der Waals surface area contributed by atoms with E-state index in [1.54, 1.807) is 0 Å². The van der Waals surface area contributed by atoms with Gasteiger partial charge in [-0.3, -0.25) is 4.79 Å². The highest BCUT2D eigenvalue weighted by molar-refractivity contribution is 5.78. The SMILES string of the molecule is CN1CCCC(NCC2(C(=O)O)CC2)C1. The quantitative estimate of drug-likeness (QED) is 0.714. The number of piperidine rings is 1. The van der Waals surface area contributed by atoms with Crippen molar-refractivity contribution < 1.29 is 9.90 Å². The molecule has 1 saturated heterocycles. The summed E-state index contributed by atoms with van der Waals surface area (Å²) in [6.07, 6.45) is 4.09. The van der Waals surface area contributed by atoms with Gasteiger partial charge >= 0.3 is 5.97 Å². The number of hydrogen-bond acceptors (Lipinski definition) is 3. The van der Waals surface area contributed by atoms with E-state index in [-0.39, 0.29) is 0 Å². The number of carboxylic acids is 1. The molecule has 86 valence electrons. The maximum atomic E-state index is 11.0. The first-order valence-electron chi connectivity index (χ1n) is 5.78. The van der Waals surface area contributed by atoms with Crippen LogP contribution in [0.4, 0.5) is 0 Å². The number of carboxylic acid groups (broad SMARTS) is 1. The van der Waals surface area contributed by atoms with Crippen LogP contribution in [0.2, 0.25) is 0 Å². The van der Waals surface area contributed by atoms with Gasteiger partial charge < -0.3 is 15.3 Å². The van der Waals surface area contributed by atoms with E-state index < -0.39 is 11.4 Å². The molecular weight excluding hydrogens is 192 g/mol. The molecule has 15 heavy (non-hydrogen) atoms. The van der Waals surface area contributed by atoms with Crippen molar-refractivity contribution in [3.8, 4) is 0 Å². The van der Waals surface area contributed by atoms with Crippen LogP contribution < -0.4 is 5.32 Å². The number of rotatable bonds is 4. The Labute approximate surface area is 90.6 Å². The maximum Gasteiger partial charge on any atom is 0.310 e. The molecule has 1 heterocycles. The zero-order valence-corrected chi connectivity index (χ0v) is 9.33. The summed E-state index contributed by atoms with van der Waals surface area (Å²) in [6, 6.07) is 0.487. The van der Waals surface area contributed by atoms with Crippen LogP contribution in [0, 0.1) is 5.41 Å². The fraction of sp³-hybridized carbons (Fsp3) is 0.909. The largest absolute Gasteiger partial charge is 0.481 e. The molecule has 1 atom stereocenters. The smallest absolute Gasteiger partial charge is 0.310 e. The summed E-state index contributed by atoms with van der Waals surface area (Å²) < 4.78 is 0. The van der Waals surface area contributed by atoms with E-state index in [0.717, 1.165) is 19.4 Å². The Morgan fingerprint density at radius 3 is 2.87 bits per heavy atom. The first kappa shape index (κ1) is 10.9. The second kappa shape index (κ2) is 4.10. The van der Waals surface area contributed by atoms with Crippen LogP contribution in [-0.2, 0) is 4.79 Å². The van der Waals surface area contributed by atoms with Crippen LogP contribution >= 0.6 is 0 Å². The van der Waals surface area contributed by atoms with Gasteiger partial charge in [0.15, 0.2) is 0 Å². The minimum absolute atomic E-state index is 0.421. The van der Waals surface area contributed by atoms with Gasteiger partial charge in [-0.15, -0.1) is 0 Å². The van der Waals surface area contributed by atoms with Gasteiger partial charge in [0.25, 0.3) is 0 Å². The third kappa shape index (κ3) is 2.49. The lowest BCUT2D eigenvalue weighted by molar-refractivity contribution is -0.143. The first-order valence-corrected chi connectivity index (χ1v) is 5.78. The van der Waals surface area contributed by atoms with Crippen LogP contribution in [-0.4, -0.2) is 48.7 Å². The highest BCUT2D eigenvalue weighted by Crippen LogP contribution is 2.45. The molecule has 0 amide bonds. The normalized spacial score (nSPS) is 30.1. The lowest BCUT2D eigenvalue weighted by Gasteiger charge is -2.31. The average Bonchev–Trinajstić information content (AvgIpc) is 2.96. The Morgan fingerprint density at radius 2 is 2.33 bits per heavy atom. The zero-order valence-electron chi connectivity index (χ0n) is 9.33. The molecule has 1 aliphatic carbocycles. The van der Waals surface area contributed by atoms with E-state index >= 15 is 0 Å². The molecule has 0 bridgehead atoms. The standard InChI is InChI=1S/C11H20N2O2/c1-13-6-2-3-9(7-13)12-8-11(4-5-11)10(14)15/h9,12H,2-8H2,1H3,(H,14,15). The van der Waals surface area contributed by atoms with Gasteiger partial charge in [-0.2, -0.15) is 0 Å². The van der Waals surface area contributed by atoms with Crippen molar-refractivity contribution in [2.45, 2.75) is 31.7 Å². The lowest BCUT2D eigenvalue weighted by atomic mass is 10.0. The Bertz CT molecular complexity index is 251. The monoisotopic (exact) mass is 212 g/mol. The second-order valence-electron chi connectivity index (χ2n) is 5.07. The summed E-state index contributed by atoms with van der Waals surface area (Å²) in [6.45, 7) is 2.87. The number of carbonyl (C=O) groups is 1. The van der Waals surface area contributed by atoms with Crippen LogP contribution in [0.15, 0.2) is 0 Å². The van der Waals surface area contributed by atoms with Crippen LogP contribution in [0.25, 0.3) is 0 Å². The molecule has 0 aromatic rings. The summed E-state index contributed by atoms with van der Waals surface area (Å²) in [7, 11) is 2.12. The van der Waals surface area contributed by atoms with E-state index in [1.165, 1.54) is 19.4 Å². The third-order valence-corrected chi connectivity index (χ3v) is 3.66. The molecule has 2 fully saturated rings. The minimum atomic E-state index is -0.626. The van der Waals surface area contributed by atoms with Gasteiger partial charge in [0.05, 0.1) is 5.41 Å². The zero-order chi connectivity index (χ0) is 10.9. The van der Waals surface area contributed by atoms with Crippen molar-refractivity contribution in [3.05, 3.63) is 0 Å². The van der Waals surface area contributed by atoms with Crippen molar-refractivity contribution in [1.82, 2.24) is 10.2 Å². The highest BCUT2D eigenvalue weighted by atomic mass is 16.4. The summed E-state index contributed by atoms with van der Waals surface area (Å²) in [5.74, 6) is -0.626. The molecule has 1 aliphatic heterocycles. The van der Waals surface area contributed by atoms with Gasteiger partial charge in [-0.05, 0) is 39.3 Å². The van der Waals surface area contributed by atoms with E-state index in [9.17, 15) is 4.79 Å². The number of likely N-dealkylation sites (tertiary alicyclic amines) is 1. The summed E-state index contributed by atoms with van der Waals surface area (Å²) in [5.41, 5.74) is -0.421. The number of likely N-dealkylation sites (N-methyl/N-ethyl adjacent to an activating group) is 1. The summed E-state index contributed by atoms with van der Waals surface area (Å²) in [5, 5.41) is 12.4. The first-order chi connectivity index (χ1) is 7.12. The Hall–Kier alpha value is -0.610. The molecule has 2 aliphatic rings. The number of aliphatic carboxylic acids is 1. The van der Waals surface area contributed by atoms with Crippen molar-refractivity contribution in [3.63, 3.8) is 0 Å². The van der Waals surface area contributed by atoms with Gasteiger partial charge in [0.2, 0.25) is 0 Å². The molecule has 2 N–H and O–H groups in total. The van der Waals surface area contributed by atoms with Crippen LogP contribution in [0.3, 0.4) is 0 Å². The van der Waals surface area contributed by atoms with Gasteiger partial charge in [0, 0.05) is 19.1 Å². The fourth-order valence-corrected chi connectivity index (χ4v) is 2.29. The predicted octanol–water partition coefficient (Wildman–Crippen LogP) is 0.535. The Kier molecular flexibility index (Phi) is 2.98. The van der Waals surface area contributed by atoms with Crippen molar-refractivity contribution in [2.24, 2.45) is 5.41 Å². The topological polar surface area (TPSA) is 52.6 Å². The Morgan fingerprint density at radius 1 is 1.60 bits per heavy atom. The second-order valence-corrected chi connectivity index (χ2v) is 5.07. The van der Waals surface area contributed by atoms with Crippen molar-refractivity contribution >= 4 is 5.97 Å². The van der Waals surface area contributed by atoms with E-state index in [4.69, 9.17) is 5.11 Å². The molecule has 4 heteroatoms. The van der Waals surface area contributed by atoms with E-state index in [2.05, 4.69) is 17.3 Å². The fourth-order valence-electron chi connectivity index (χ4n) is 2.29. The molecule has 1 unspecified atom stereocenters. The van der Waals surface area contributed by atoms with Gasteiger partial charge in [-0.1, -0.05) is 0 Å². The number of nitrogens with zero attached hydrogens (tertiary/aromatic N) is 1. The summed E-state index contributed by atoms with van der Waals surface area (Å²) >= 11 is 0. The van der Waals surface area contributed by atoms with Gasteiger partial charge in [0.1, 0.15) is 0 Å². The predicted molar refractivity (Wildman–Crippen MR) is 57.8 cm³/mol. The minimum Gasteiger partial charge on any atom is -0.481 e. The maximum absolute atomic E-state index is 11.0. The Balaban J connectivity index is 1.76. The number of hydrogen-bond donors (Lipinski definition) is 2.